The monoisotopic (exact) mass is 171 g/mol. The van der Waals surface area contributed by atoms with E-state index in [9.17, 15) is 9.90 Å². The predicted molar refractivity (Wildman–Crippen MR) is 43.7 cm³/mol. The summed E-state index contributed by atoms with van der Waals surface area (Å²) in [6.07, 6.45) is 3.12. The van der Waals surface area contributed by atoms with Crippen LogP contribution in [0, 0.1) is 0 Å². The highest BCUT2D eigenvalue weighted by atomic mass is 16.5. The second-order valence-electron chi connectivity index (χ2n) is 2.63. The van der Waals surface area contributed by atoms with Crippen molar-refractivity contribution in [2.45, 2.75) is 25.5 Å². The second-order valence-corrected chi connectivity index (χ2v) is 2.63. The van der Waals surface area contributed by atoms with Crippen molar-refractivity contribution in [3.05, 3.63) is 12.2 Å². The highest BCUT2D eigenvalue weighted by Gasteiger charge is 2.22. The first-order chi connectivity index (χ1) is 5.74. The summed E-state index contributed by atoms with van der Waals surface area (Å²) in [6, 6.07) is -0.218. The number of hydrogen-bond acceptors (Lipinski definition) is 3. The third-order valence-corrected chi connectivity index (χ3v) is 1.71. The van der Waals surface area contributed by atoms with Crippen LogP contribution in [0.15, 0.2) is 12.2 Å². The van der Waals surface area contributed by atoms with Gasteiger partial charge < -0.3 is 15.2 Å². The first-order valence-corrected chi connectivity index (χ1v) is 4.02. The first kappa shape index (κ1) is 9.06. The molecule has 0 saturated carbocycles. The van der Waals surface area contributed by atoms with Gasteiger partial charge in [0.25, 0.3) is 0 Å². The van der Waals surface area contributed by atoms with Crippen LogP contribution < -0.4 is 5.32 Å². The van der Waals surface area contributed by atoms with Crippen LogP contribution in [0.5, 0.6) is 0 Å². The van der Waals surface area contributed by atoms with E-state index in [1.54, 1.807) is 13.0 Å². The van der Waals surface area contributed by atoms with E-state index in [0.29, 0.717) is 13.0 Å². The van der Waals surface area contributed by atoms with E-state index in [1.165, 1.54) is 0 Å². The zero-order valence-electron chi connectivity index (χ0n) is 6.99. The summed E-state index contributed by atoms with van der Waals surface area (Å²) in [5.41, 5.74) is 0. The van der Waals surface area contributed by atoms with Crippen LogP contribution in [0.1, 0.15) is 13.3 Å². The van der Waals surface area contributed by atoms with Gasteiger partial charge in [-0.15, -0.1) is 0 Å². The van der Waals surface area contributed by atoms with Gasteiger partial charge in [-0.3, -0.25) is 0 Å². The summed E-state index contributed by atoms with van der Waals surface area (Å²) < 4.78 is 4.66. The van der Waals surface area contributed by atoms with Gasteiger partial charge in [0.1, 0.15) is 0 Å². The van der Waals surface area contributed by atoms with E-state index >= 15 is 0 Å². The lowest BCUT2D eigenvalue weighted by molar-refractivity contribution is 0.131. The van der Waals surface area contributed by atoms with Gasteiger partial charge in [-0.2, -0.15) is 0 Å². The quantitative estimate of drug-likeness (QED) is 0.592. The molecule has 0 heterocycles. The minimum atomic E-state index is -0.575. The molecule has 0 radical (unpaired) electrons. The van der Waals surface area contributed by atoms with Crippen LogP contribution in [0.4, 0.5) is 4.79 Å². The molecule has 0 spiro atoms. The number of rotatable bonds is 2. The van der Waals surface area contributed by atoms with Crippen LogP contribution in [-0.4, -0.2) is 30.0 Å². The normalized spacial score (nSPS) is 27.2. The van der Waals surface area contributed by atoms with Gasteiger partial charge in [0.05, 0.1) is 18.8 Å². The van der Waals surface area contributed by atoms with Crippen molar-refractivity contribution in [2.24, 2.45) is 0 Å². The van der Waals surface area contributed by atoms with Crippen molar-refractivity contribution in [2.75, 3.05) is 6.61 Å². The molecule has 2 N–H and O–H groups in total. The number of aliphatic hydroxyl groups excluding tert-OH is 1. The van der Waals surface area contributed by atoms with E-state index in [0.717, 1.165) is 0 Å². The lowest BCUT2D eigenvalue weighted by atomic mass is 10.2. The molecule has 0 aromatic rings. The van der Waals surface area contributed by atoms with E-state index in [1.807, 2.05) is 6.08 Å². The Balaban J connectivity index is 2.27. The number of carbonyl (C=O) groups excluding carboxylic acids is 1. The number of aliphatic hydroxyl groups is 1. The molecule has 68 valence electrons. The number of alkyl carbamates (subject to hydrolysis) is 1. The van der Waals surface area contributed by atoms with Gasteiger partial charge in [0.2, 0.25) is 0 Å². The van der Waals surface area contributed by atoms with Gasteiger partial charge in [-0.05, 0) is 13.3 Å². The SMILES string of the molecule is CCOC(=O)N[C@H]1CC=C[C@H]1O. The molecule has 1 rings (SSSR count). The summed E-state index contributed by atoms with van der Waals surface area (Å²) in [6.45, 7) is 2.09. The largest absolute Gasteiger partial charge is 0.450 e. The topological polar surface area (TPSA) is 58.6 Å². The lowest BCUT2D eigenvalue weighted by Gasteiger charge is -2.15. The zero-order chi connectivity index (χ0) is 8.97. The van der Waals surface area contributed by atoms with Crippen LogP contribution in [-0.2, 0) is 4.74 Å². The average molecular weight is 171 g/mol. The third kappa shape index (κ3) is 2.23. The predicted octanol–water partition coefficient (Wildman–Crippen LogP) is 0.422. The molecule has 4 heteroatoms. The van der Waals surface area contributed by atoms with Gasteiger partial charge in [0.15, 0.2) is 0 Å². The van der Waals surface area contributed by atoms with Crippen LogP contribution in [0.2, 0.25) is 0 Å². The van der Waals surface area contributed by atoms with Crippen molar-refractivity contribution in [1.82, 2.24) is 5.32 Å². The van der Waals surface area contributed by atoms with Crippen LogP contribution in [0.3, 0.4) is 0 Å². The highest BCUT2D eigenvalue weighted by Crippen LogP contribution is 2.10. The molecule has 2 atom stereocenters. The van der Waals surface area contributed by atoms with Crippen molar-refractivity contribution < 1.29 is 14.6 Å². The fourth-order valence-corrected chi connectivity index (χ4v) is 1.11. The minimum Gasteiger partial charge on any atom is -0.450 e. The summed E-state index contributed by atoms with van der Waals surface area (Å²) in [5, 5.41) is 11.8. The van der Waals surface area contributed by atoms with Gasteiger partial charge in [-0.25, -0.2) is 4.79 Å². The molecule has 0 aromatic carbocycles. The maximum atomic E-state index is 10.9. The Labute approximate surface area is 71.2 Å². The second kappa shape index (κ2) is 4.11. The Bertz CT molecular complexity index is 191. The molecule has 0 aliphatic heterocycles. The van der Waals surface area contributed by atoms with Gasteiger partial charge >= 0.3 is 6.09 Å². The van der Waals surface area contributed by atoms with Crippen molar-refractivity contribution in [1.29, 1.82) is 0 Å². The van der Waals surface area contributed by atoms with E-state index in [-0.39, 0.29) is 6.04 Å². The lowest BCUT2D eigenvalue weighted by Crippen LogP contribution is -2.40. The summed E-state index contributed by atoms with van der Waals surface area (Å²) in [5.74, 6) is 0. The van der Waals surface area contributed by atoms with Crippen molar-refractivity contribution in [3.8, 4) is 0 Å². The molecule has 1 amide bonds. The summed E-state index contributed by atoms with van der Waals surface area (Å²) in [7, 11) is 0. The summed E-state index contributed by atoms with van der Waals surface area (Å²) >= 11 is 0. The third-order valence-electron chi connectivity index (χ3n) is 1.71. The smallest absolute Gasteiger partial charge is 0.407 e. The Morgan fingerprint density at radius 1 is 1.83 bits per heavy atom. The molecule has 1 aliphatic rings. The maximum Gasteiger partial charge on any atom is 0.407 e. The first-order valence-electron chi connectivity index (χ1n) is 4.02. The Hall–Kier alpha value is -1.03. The average Bonchev–Trinajstić information content (AvgIpc) is 2.37. The molecule has 0 fully saturated rings. The molecular formula is C8H13NO3. The van der Waals surface area contributed by atoms with Crippen molar-refractivity contribution in [3.63, 3.8) is 0 Å². The number of amides is 1. The van der Waals surface area contributed by atoms with Gasteiger partial charge in [0, 0.05) is 0 Å². The van der Waals surface area contributed by atoms with Crippen LogP contribution in [0.25, 0.3) is 0 Å². The molecule has 0 aromatic heterocycles. The Morgan fingerprint density at radius 2 is 2.58 bits per heavy atom. The molecule has 1 aliphatic carbocycles. The number of hydrogen-bond donors (Lipinski definition) is 2. The number of carbonyl (C=O) groups is 1. The van der Waals surface area contributed by atoms with E-state index < -0.39 is 12.2 Å². The number of ether oxygens (including phenoxy) is 1. The fraction of sp³-hybridized carbons (Fsp3) is 0.625. The number of nitrogens with one attached hydrogen (secondary N) is 1. The maximum absolute atomic E-state index is 10.9. The van der Waals surface area contributed by atoms with E-state index in [2.05, 4.69) is 10.1 Å². The van der Waals surface area contributed by atoms with Gasteiger partial charge in [-0.1, -0.05) is 12.2 Å². The van der Waals surface area contributed by atoms with Crippen molar-refractivity contribution >= 4 is 6.09 Å². The summed E-state index contributed by atoms with van der Waals surface area (Å²) in [4.78, 5) is 10.9. The Kier molecular flexibility index (Phi) is 3.10. The molecule has 0 bridgehead atoms. The molecule has 0 saturated heterocycles. The standard InChI is InChI=1S/C8H13NO3/c1-2-12-8(11)9-6-4-3-5-7(6)10/h3,5-7,10H,2,4H2,1H3,(H,9,11)/t6-,7+/m0/s1. The zero-order valence-corrected chi connectivity index (χ0v) is 6.99. The molecule has 0 unspecified atom stereocenters. The van der Waals surface area contributed by atoms with E-state index in [4.69, 9.17) is 0 Å². The fourth-order valence-electron chi connectivity index (χ4n) is 1.11. The molecular weight excluding hydrogens is 158 g/mol. The van der Waals surface area contributed by atoms with Crippen LogP contribution >= 0.6 is 0 Å². The molecule has 12 heavy (non-hydrogen) atoms. The minimum absolute atomic E-state index is 0.218. The Morgan fingerprint density at radius 3 is 3.08 bits per heavy atom. The molecule has 4 nitrogen and oxygen atoms in total. The highest BCUT2D eigenvalue weighted by molar-refractivity contribution is 5.67.